The normalized spacial score (nSPS) is 18.4. The lowest BCUT2D eigenvalue weighted by Crippen LogP contribution is -2.56. The highest BCUT2D eigenvalue weighted by molar-refractivity contribution is 6.30. The first-order chi connectivity index (χ1) is 19.4. The van der Waals surface area contributed by atoms with Crippen molar-refractivity contribution in [3.8, 4) is 0 Å². The van der Waals surface area contributed by atoms with E-state index in [1.165, 1.54) is 21.1 Å². The fourth-order valence-corrected chi connectivity index (χ4v) is 6.03. The lowest BCUT2D eigenvalue weighted by atomic mass is 9.96. The fraction of sp³-hybridized carbons (Fsp3) is 0.300. The van der Waals surface area contributed by atoms with Gasteiger partial charge in [0, 0.05) is 54.8 Å². The number of piperazine rings is 1. The van der Waals surface area contributed by atoms with E-state index in [0.717, 1.165) is 53.9 Å². The number of hydrazine groups is 1. The molecule has 1 N–H and O–H groups in total. The Hall–Kier alpha value is -3.43. The van der Waals surface area contributed by atoms with Gasteiger partial charge in [-0.15, -0.1) is 0 Å². The number of nitrogens with zero attached hydrogens (tertiary/aromatic N) is 4. The van der Waals surface area contributed by atoms with Crippen molar-refractivity contribution in [2.75, 3.05) is 32.7 Å². The summed E-state index contributed by atoms with van der Waals surface area (Å²) in [5.41, 5.74) is 5.02. The first kappa shape index (κ1) is 26.8. The molecule has 0 spiro atoms. The van der Waals surface area contributed by atoms with Crippen LogP contribution in [0.5, 0.6) is 0 Å². The molecule has 3 aromatic carbocycles. The summed E-state index contributed by atoms with van der Waals surface area (Å²) in [5, 5.41) is 6.49. The molecule has 40 heavy (non-hydrogen) atoms. The van der Waals surface area contributed by atoms with Gasteiger partial charge in [0.1, 0.15) is 0 Å². The molecule has 0 saturated carbocycles. The first-order valence-corrected chi connectivity index (χ1v) is 14.1. The van der Waals surface area contributed by atoms with Crippen molar-refractivity contribution in [1.29, 1.82) is 0 Å². The van der Waals surface area contributed by atoms with E-state index in [1.807, 2.05) is 36.4 Å². The number of hydrogen-bond donors (Lipinski definition) is 1. The van der Waals surface area contributed by atoms with Gasteiger partial charge in [-0.3, -0.25) is 24.7 Å². The van der Waals surface area contributed by atoms with Gasteiger partial charge in [0.2, 0.25) is 5.91 Å². The summed E-state index contributed by atoms with van der Waals surface area (Å²) < 4.78 is 0. The summed E-state index contributed by atoms with van der Waals surface area (Å²) in [5.74, 6) is -0.532. The molecule has 0 radical (unpaired) electrons. The van der Waals surface area contributed by atoms with Crippen LogP contribution in [0.1, 0.15) is 45.1 Å². The number of halogens is 2. The Morgan fingerprint density at radius 1 is 0.750 bits per heavy atom. The second-order valence-electron chi connectivity index (χ2n) is 10.4. The first-order valence-electron chi connectivity index (χ1n) is 13.4. The van der Waals surface area contributed by atoms with Crippen LogP contribution in [0.2, 0.25) is 10.0 Å². The van der Waals surface area contributed by atoms with Gasteiger partial charge in [-0.1, -0.05) is 59.6 Å². The summed E-state index contributed by atoms with van der Waals surface area (Å²) in [6, 6.07) is 21.6. The van der Waals surface area contributed by atoms with Gasteiger partial charge in [0.15, 0.2) is 0 Å². The van der Waals surface area contributed by atoms with Crippen molar-refractivity contribution in [2.24, 2.45) is 0 Å². The average Bonchev–Trinajstić information content (AvgIpc) is 3.27. The Balaban J connectivity index is 1.12. The van der Waals surface area contributed by atoms with Gasteiger partial charge >= 0.3 is 6.03 Å². The van der Waals surface area contributed by atoms with Gasteiger partial charge in [0.25, 0.3) is 5.91 Å². The van der Waals surface area contributed by atoms with Gasteiger partial charge in [-0.25, -0.2) is 14.8 Å². The van der Waals surface area contributed by atoms with Crippen LogP contribution in [-0.4, -0.2) is 70.4 Å². The Morgan fingerprint density at radius 3 is 1.98 bits per heavy atom. The van der Waals surface area contributed by atoms with Gasteiger partial charge in [-0.05, 0) is 52.6 Å². The van der Waals surface area contributed by atoms with Crippen LogP contribution in [0.15, 0.2) is 66.7 Å². The quantitative estimate of drug-likeness (QED) is 0.459. The molecule has 206 valence electrons. The highest BCUT2D eigenvalue weighted by atomic mass is 35.5. The van der Waals surface area contributed by atoms with Crippen molar-refractivity contribution < 1.29 is 14.4 Å². The van der Waals surface area contributed by atoms with Crippen molar-refractivity contribution in [3.05, 3.63) is 105 Å². The number of carbonyl (C=O) groups excluding carboxylic acids is 3. The standard InChI is InChI=1S/C30H29Cl2N5O3/c31-24-6-2-21(3-7-24)28(22-4-8-25(32)9-5-22)35-15-13-34(14-16-35)18-20-1-10-26-23(17-20)19-37(29(26)39)36-12-11-27(38)33-30(36)40/h1-10,17,28H,11-16,18-19H2,(H,33,38,40). The Labute approximate surface area is 243 Å². The second-order valence-corrected chi connectivity index (χ2v) is 11.3. The molecule has 0 aromatic heterocycles. The summed E-state index contributed by atoms with van der Waals surface area (Å²) >= 11 is 12.4. The molecule has 3 aromatic rings. The lowest BCUT2D eigenvalue weighted by Gasteiger charge is -2.40. The molecule has 0 atom stereocenters. The highest BCUT2D eigenvalue weighted by Crippen LogP contribution is 2.32. The number of urea groups is 1. The Morgan fingerprint density at radius 2 is 1.38 bits per heavy atom. The Kier molecular flexibility index (Phi) is 7.51. The molecular weight excluding hydrogens is 549 g/mol. The van der Waals surface area contributed by atoms with Crippen LogP contribution in [0.4, 0.5) is 4.79 Å². The third-order valence-corrected chi connectivity index (χ3v) is 8.33. The van der Waals surface area contributed by atoms with Gasteiger partial charge < -0.3 is 0 Å². The summed E-state index contributed by atoms with van der Waals surface area (Å²) in [7, 11) is 0. The third kappa shape index (κ3) is 5.45. The molecule has 2 fully saturated rings. The molecule has 3 heterocycles. The zero-order chi connectivity index (χ0) is 27.8. The zero-order valence-electron chi connectivity index (χ0n) is 21.9. The van der Waals surface area contributed by atoms with E-state index >= 15 is 0 Å². The lowest BCUT2D eigenvalue weighted by molar-refractivity contribution is -0.123. The predicted octanol–water partition coefficient (Wildman–Crippen LogP) is 4.71. The maximum Gasteiger partial charge on any atom is 0.342 e. The number of carbonyl (C=O) groups is 3. The molecule has 3 aliphatic rings. The van der Waals surface area contributed by atoms with E-state index in [4.69, 9.17) is 23.2 Å². The number of fused-ring (bicyclic) bond motifs is 1. The molecule has 8 nitrogen and oxygen atoms in total. The zero-order valence-corrected chi connectivity index (χ0v) is 23.4. The minimum atomic E-state index is -0.550. The number of amides is 4. The van der Waals surface area contributed by atoms with E-state index in [2.05, 4.69) is 45.4 Å². The smallest absolute Gasteiger partial charge is 0.297 e. The molecular formula is C30H29Cl2N5O3. The SMILES string of the molecule is O=C1CCN(N2Cc3cc(CN4CCN(C(c5ccc(Cl)cc5)c5ccc(Cl)cc5)CC4)ccc3C2=O)C(=O)N1. The molecule has 0 aliphatic carbocycles. The maximum atomic E-state index is 13.0. The molecule has 4 amide bonds. The highest BCUT2D eigenvalue weighted by Gasteiger charge is 2.37. The summed E-state index contributed by atoms with van der Waals surface area (Å²) in [6.07, 6.45) is 0.181. The van der Waals surface area contributed by atoms with E-state index in [0.29, 0.717) is 12.1 Å². The summed E-state index contributed by atoms with van der Waals surface area (Å²) in [4.78, 5) is 41.7. The van der Waals surface area contributed by atoms with E-state index < -0.39 is 6.03 Å². The van der Waals surface area contributed by atoms with Crippen LogP contribution in [-0.2, 0) is 17.9 Å². The molecule has 3 aliphatic heterocycles. The molecule has 10 heteroatoms. The topological polar surface area (TPSA) is 76.2 Å². The van der Waals surface area contributed by atoms with Crippen LogP contribution in [0.25, 0.3) is 0 Å². The third-order valence-electron chi connectivity index (χ3n) is 7.83. The molecule has 0 unspecified atom stereocenters. The van der Waals surface area contributed by atoms with Gasteiger partial charge in [-0.2, -0.15) is 0 Å². The van der Waals surface area contributed by atoms with E-state index in [9.17, 15) is 14.4 Å². The minimum absolute atomic E-state index is 0.107. The Bertz CT molecular complexity index is 1390. The van der Waals surface area contributed by atoms with Gasteiger partial charge in [0.05, 0.1) is 19.1 Å². The molecule has 6 rings (SSSR count). The van der Waals surface area contributed by atoms with Crippen molar-refractivity contribution in [3.63, 3.8) is 0 Å². The number of nitrogens with one attached hydrogen (secondary N) is 1. The number of imide groups is 1. The monoisotopic (exact) mass is 577 g/mol. The number of rotatable bonds is 6. The van der Waals surface area contributed by atoms with Crippen LogP contribution >= 0.6 is 23.2 Å². The number of hydrogen-bond acceptors (Lipinski definition) is 5. The van der Waals surface area contributed by atoms with Crippen LogP contribution in [0.3, 0.4) is 0 Å². The summed E-state index contributed by atoms with van der Waals surface area (Å²) in [6.45, 7) is 4.91. The van der Waals surface area contributed by atoms with E-state index in [1.54, 1.807) is 0 Å². The van der Waals surface area contributed by atoms with Crippen LogP contribution in [0, 0.1) is 0 Å². The largest absolute Gasteiger partial charge is 0.342 e. The van der Waals surface area contributed by atoms with E-state index in [-0.39, 0.29) is 30.8 Å². The van der Waals surface area contributed by atoms with Crippen molar-refractivity contribution >= 4 is 41.0 Å². The molecule has 0 bridgehead atoms. The van der Waals surface area contributed by atoms with Crippen molar-refractivity contribution in [1.82, 2.24) is 25.1 Å². The fourth-order valence-electron chi connectivity index (χ4n) is 5.78. The second kappa shape index (κ2) is 11.2. The van der Waals surface area contributed by atoms with Crippen molar-refractivity contribution in [2.45, 2.75) is 25.6 Å². The maximum absolute atomic E-state index is 13.0. The average molecular weight is 579 g/mol. The minimum Gasteiger partial charge on any atom is -0.297 e. The predicted molar refractivity (Wildman–Crippen MR) is 153 cm³/mol. The van der Waals surface area contributed by atoms with Crippen LogP contribution < -0.4 is 5.32 Å². The number of benzene rings is 3. The molecule has 2 saturated heterocycles.